The molecular formula is C23H33N3. The molecule has 2 aromatic heterocycles. The third-order valence-electron chi connectivity index (χ3n) is 3.60. The lowest BCUT2D eigenvalue weighted by atomic mass is 10.1. The third-order valence-corrected chi connectivity index (χ3v) is 3.60. The molecule has 0 N–H and O–H groups in total. The maximum atomic E-state index is 4.73. The summed E-state index contributed by atoms with van der Waals surface area (Å²) in [5.41, 5.74) is 7.25. The van der Waals surface area contributed by atoms with Crippen LogP contribution in [0.2, 0.25) is 0 Å². The van der Waals surface area contributed by atoms with Crippen LogP contribution in [0.5, 0.6) is 0 Å². The normalized spacial score (nSPS) is 9.85. The third kappa shape index (κ3) is 5.04. The second-order valence-electron chi connectivity index (χ2n) is 6.40. The smallest absolute Gasteiger partial charge is 0.163 e. The largest absolute Gasteiger partial charge is 0.228 e. The number of rotatable bonds is 2. The zero-order valence-electron chi connectivity index (χ0n) is 17.6. The number of aryl methyl sites for hydroxylation is 3. The Kier molecular flexibility index (Phi) is 8.24. The number of pyridine rings is 1. The molecule has 0 bridgehead atoms. The fraction of sp³-hybridized carbons (Fsp3) is 0.391. The van der Waals surface area contributed by atoms with E-state index in [1.165, 1.54) is 17.5 Å². The Morgan fingerprint density at radius 3 is 2.04 bits per heavy atom. The minimum atomic E-state index is 0.887. The van der Waals surface area contributed by atoms with Gasteiger partial charge in [-0.1, -0.05) is 46.8 Å². The van der Waals surface area contributed by atoms with Crippen molar-refractivity contribution in [3.8, 4) is 5.69 Å². The van der Waals surface area contributed by atoms with E-state index in [-0.39, 0.29) is 0 Å². The molecule has 0 aliphatic heterocycles. The highest BCUT2D eigenvalue weighted by atomic mass is 15.3. The Morgan fingerprint density at radius 2 is 1.54 bits per heavy atom. The predicted molar refractivity (Wildman–Crippen MR) is 115 cm³/mol. The zero-order valence-corrected chi connectivity index (χ0v) is 17.6. The van der Waals surface area contributed by atoms with Gasteiger partial charge < -0.3 is 0 Å². The first-order chi connectivity index (χ1) is 12.4. The molecule has 3 heteroatoms. The molecule has 0 atom stereocenters. The van der Waals surface area contributed by atoms with Gasteiger partial charge in [-0.2, -0.15) is 5.10 Å². The summed E-state index contributed by atoms with van der Waals surface area (Å²) in [5.74, 6) is 0. The molecule has 3 aromatic rings. The average molecular weight is 352 g/mol. The van der Waals surface area contributed by atoms with E-state index in [1.807, 2.05) is 38.4 Å². The summed E-state index contributed by atoms with van der Waals surface area (Å²) in [5, 5.41) is 5.75. The molecular weight excluding hydrogens is 318 g/mol. The fourth-order valence-corrected chi connectivity index (χ4v) is 2.63. The molecule has 0 saturated carbocycles. The topological polar surface area (TPSA) is 30.7 Å². The summed E-state index contributed by atoms with van der Waals surface area (Å²) >= 11 is 0. The molecule has 0 aliphatic carbocycles. The van der Waals surface area contributed by atoms with Crippen molar-refractivity contribution in [3.63, 3.8) is 0 Å². The van der Waals surface area contributed by atoms with E-state index in [0.717, 1.165) is 33.7 Å². The van der Waals surface area contributed by atoms with Crippen molar-refractivity contribution in [2.24, 2.45) is 0 Å². The van der Waals surface area contributed by atoms with E-state index in [4.69, 9.17) is 4.98 Å². The summed E-state index contributed by atoms with van der Waals surface area (Å²) in [6, 6.07) is 10.5. The van der Waals surface area contributed by atoms with Crippen molar-refractivity contribution >= 4 is 16.6 Å². The second kappa shape index (κ2) is 9.91. The van der Waals surface area contributed by atoms with Crippen LogP contribution < -0.4 is 0 Å². The van der Waals surface area contributed by atoms with Crippen LogP contribution in [0.3, 0.4) is 0 Å². The van der Waals surface area contributed by atoms with Crippen LogP contribution in [0.1, 0.15) is 63.6 Å². The first kappa shape index (κ1) is 21.6. The van der Waals surface area contributed by atoms with Gasteiger partial charge in [0, 0.05) is 5.39 Å². The molecule has 0 fully saturated rings. The molecule has 0 spiro atoms. The van der Waals surface area contributed by atoms with Crippen molar-refractivity contribution < 1.29 is 0 Å². The van der Waals surface area contributed by atoms with Crippen molar-refractivity contribution in [2.75, 3.05) is 0 Å². The van der Waals surface area contributed by atoms with Gasteiger partial charge >= 0.3 is 0 Å². The highest BCUT2D eigenvalue weighted by molar-refractivity contribution is 5.81. The number of fused-ring (bicyclic) bond motifs is 1. The minimum Gasteiger partial charge on any atom is -0.228 e. The summed E-state index contributed by atoms with van der Waals surface area (Å²) in [7, 11) is 0. The Hall–Kier alpha value is -2.42. The Bertz CT molecular complexity index is 852. The van der Waals surface area contributed by atoms with Crippen molar-refractivity contribution in [1.82, 2.24) is 14.8 Å². The standard InChI is InChI=1S/C18H19N3.C3H8.C2H6/c1-11(2)17-7-6-16-14(5)20-21(18(16)19-17)15-9-12(3)8-13(4)10-15;1-3-2;1-2/h6-10H,1H2,2-5H3;3H2,1-2H3;1-2H3. The molecule has 3 nitrogen and oxygen atoms in total. The molecule has 0 unspecified atom stereocenters. The van der Waals surface area contributed by atoms with Gasteiger partial charge in [0.05, 0.1) is 17.1 Å². The van der Waals surface area contributed by atoms with Crippen molar-refractivity contribution in [3.05, 3.63) is 59.4 Å². The molecule has 0 radical (unpaired) electrons. The second-order valence-corrected chi connectivity index (χ2v) is 6.40. The van der Waals surface area contributed by atoms with Crippen LogP contribution in [0.15, 0.2) is 36.9 Å². The number of hydrogen-bond acceptors (Lipinski definition) is 2. The van der Waals surface area contributed by atoms with Gasteiger partial charge in [-0.05, 0) is 68.7 Å². The zero-order chi connectivity index (χ0) is 19.9. The molecule has 140 valence electrons. The van der Waals surface area contributed by atoms with Crippen LogP contribution in [-0.4, -0.2) is 14.8 Å². The lowest BCUT2D eigenvalue weighted by Crippen LogP contribution is -2.00. The van der Waals surface area contributed by atoms with Crippen LogP contribution in [0.25, 0.3) is 22.3 Å². The number of benzene rings is 1. The lowest BCUT2D eigenvalue weighted by Gasteiger charge is -2.07. The highest BCUT2D eigenvalue weighted by Gasteiger charge is 2.12. The number of hydrogen-bond donors (Lipinski definition) is 0. The minimum absolute atomic E-state index is 0.887. The molecule has 3 rings (SSSR count). The van der Waals surface area contributed by atoms with E-state index in [2.05, 4.69) is 63.6 Å². The molecule has 1 aromatic carbocycles. The van der Waals surface area contributed by atoms with Crippen LogP contribution in [0, 0.1) is 20.8 Å². The van der Waals surface area contributed by atoms with Crippen LogP contribution >= 0.6 is 0 Å². The average Bonchev–Trinajstić information content (AvgIpc) is 2.93. The van der Waals surface area contributed by atoms with Gasteiger partial charge in [0.1, 0.15) is 0 Å². The molecule has 0 aliphatic rings. The molecule has 26 heavy (non-hydrogen) atoms. The summed E-state index contributed by atoms with van der Waals surface area (Å²) < 4.78 is 1.93. The fourth-order valence-electron chi connectivity index (χ4n) is 2.63. The van der Waals surface area contributed by atoms with E-state index >= 15 is 0 Å². The molecule has 2 heterocycles. The van der Waals surface area contributed by atoms with Crippen LogP contribution in [-0.2, 0) is 0 Å². The van der Waals surface area contributed by atoms with E-state index in [1.54, 1.807) is 0 Å². The summed E-state index contributed by atoms with van der Waals surface area (Å²) in [6.07, 6.45) is 1.25. The number of aromatic nitrogens is 3. The first-order valence-corrected chi connectivity index (χ1v) is 9.48. The lowest BCUT2D eigenvalue weighted by molar-refractivity contribution is 0.874. The van der Waals surface area contributed by atoms with E-state index in [0.29, 0.717) is 0 Å². The molecule has 0 amide bonds. The van der Waals surface area contributed by atoms with E-state index < -0.39 is 0 Å². The maximum Gasteiger partial charge on any atom is 0.163 e. The Labute approximate surface area is 158 Å². The quantitative estimate of drug-likeness (QED) is 0.507. The number of nitrogens with zero attached hydrogens (tertiary/aromatic N) is 3. The Balaban J connectivity index is 0.000000615. The summed E-state index contributed by atoms with van der Waals surface area (Å²) in [6.45, 7) is 20.4. The first-order valence-electron chi connectivity index (χ1n) is 9.48. The van der Waals surface area contributed by atoms with Gasteiger partial charge in [0.25, 0.3) is 0 Å². The van der Waals surface area contributed by atoms with Gasteiger partial charge in [-0.15, -0.1) is 0 Å². The number of allylic oxidation sites excluding steroid dienone is 1. The van der Waals surface area contributed by atoms with Gasteiger partial charge in [-0.3, -0.25) is 0 Å². The van der Waals surface area contributed by atoms with Crippen molar-refractivity contribution in [2.45, 2.75) is 61.8 Å². The summed E-state index contributed by atoms with van der Waals surface area (Å²) in [4.78, 5) is 4.73. The van der Waals surface area contributed by atoms with Gasteiger partial charge in [-0.25, -0.2) is 9.67 Å². The SMILES string of the molecule is C=C(C)c1ccc2c(C)nn(-c3cc(C)cc(C)c3)c2n1.CC.CCC. The highest BCUT2D eigenvalue weighted by Crippen LogP contribution is 2.23. The van der Waals surface area contributed by atoms with Gasteiger partial charge in [0.2, 0.25) is 0 Å². The monoisotopic (exact) mass is 351 g/mol. The Morgan fingerprint density at radius 1 is 1.00 bits per heavy atom. The van der Waals surface area contributed by atoms with Crippen LogP contribution in [0.4, 0.5) is 0 Å². The van der Waals surface area contributed by atoms with E-state index in [9.17, 15) is 0 Å². The van der Waals surface area contributed by atoms with Gasteiger partial charge in [0.15, 0.2) is 5.65 Å². The maximum absolute atomic E-state index is 4.73. The molecule has 0 saturated heterocycles. The predicted octanol–water partition coefficient (Wildman–Crippen LogP) is 6.82. The van der Waals surface area contributed by atoms with Crippen molar-refractivity contribution in [1.29, 1.82) is 0 Å².